The first-order valence-corrected chi connectivity index (χ1v) is 8.87. The van der Waals surface area contributed by atoms with Crippen LogP contribution >= 0.6 is 0 Å². The van der Waals surface area contributed by atoms with Crippen molar-refractivity contribution >= 4 is 50.6 Å². The third-order valence-electron chi connectivity index (χ3n) is 2.93. The molecule has 1 aliphatic heterocycles. The molecule has 23 heavy (non-hydrogen) atoms. The molecular weight excluding hydrogens is 347 g/mol. The zero-order chi connectivity index (χ0) is 15.6. The summed E-state index contributed by atoms with van der Waals surface area (Å²) in [6.07, 6.45) is 0. The fraction of sp³-hybridized carbons (Fsp3) is 0.0769. The van der Waals surface area contributed by atoms with Crippen molar-refractivity contribution in [2.45, 2.75) is 16.3 Å². The third kappa shape index (κ3) is 4.46. The molecule has 0 aromatic heterocycles. The van der Waals surface area contributed by atoms with Crippen molar-refractivity contribution in [2.75, 3.05) is 0 Å². The Morgan fingerprint density at radius 1 is 1.09 bits per heavy atom. The minimum absolute atomic E-state index is 0. The van der Waals surface area contributed by atoms with Crippen LogP contribution in [0.15, 0.2) is 79.3 Å². The molecule has 1 unspecified atom stereocenters. The predicted molar refractivity (Wildman–Crippen MR) is 88.3 cm³/mol. The maximum atomic E-state index is 11.2. The van der Waals surface area contributed by atoms with E-state index >= 15 is 0 Å². The van der Waals surface area contributed by atoms with Gasteiger partial charge in [-0.15, -0.1) is 0 Å². The van der Waals surface area contributed by atoms with Gasteiger partial charge in [-0.3, -0.25) is 4.55 Å². The van der Waals surface area contributed by atoms with Gasteiger partial charge in [-0.2, -0.15) is 12.8 Å². The van der Waals surface area contributed by atoms with Gasteiger partial charge in [0.25, 0.3) is 10.1 Å². The fourth-order valence-corrected chi connectivity index (χ4v) is 3.85. The summed E-state index contributed by atoms with van der Waals surface area (Å²) in [5, 5.41) is 7.66. The molecule has 7 nitrogen and oxygen atoms in total. The average molecular weight is 360 g/mol. The van der Waals surface area contributed by atoms with Crippen molar-refractivity contribution < 1.29 is 13.0 Å². The maximum absolute atomic E-state index is 11.2. The molecule has 0 saturated heterocycles. The molecule has 0 aliphatic carbocycles. The van der Waals surface area contributed by atoms with Crippen LogP contribution in [0.1, 0.15) is 5.56 Å². The van der Waals surface area contributed by atoms with Crippen LogP contribution in [0.4, 0.5) is 0 Å². The van der Waals surface area contributed by atoms with Crippen LogP contribution in [0.2, 0.25) is 0 Å². The third-order valence-corrected chi connectivity index (χ3v) is 5.28. The molecule has 1 atom stereocenters. The first-order valence-electron chi connectivity index (χ1n) is 6.29. The number of nitrogens with zero attached hydrogens (tertiary/aromatic N) is 4. The van der Waals surface area contributed by atoms with E-state index in [0.29, 0.717) is 11.4 Å². The molecule has 1 aliphatic rings. The quantitative estimate of drug-likeness (QED) is 0.668. The first kappa shape index (κ1) is 18.2. The van der Waals surface area contributed by atoms with E-state index in [1.807, 2.05) is 30.3 Å². The Labute approximate surface area is 158 Å². The summed E-state index contributed by atoms with van der Waals surface area (Å²) in [7, 11) is -5.07. The standard InChI is InChI=1S/C13H12N4O3S2.Na.H/c18-22(19,20)13-8-4-7-12(9-13)21-16-14-15-17(21)10-11-5-2-1-3-6-11;;/h1-9H,10H2,(H,18,19,20);;. The molecule has 0 amide bonds. The van der Waals surface area contributed by atoms with Crippen LogP contribution in [0.25, 0.3) is 0 Å². The van der Waals surface area contributed by atoms with Crippen molar-refractivity contribution in [2.24, 2.45) is 14.9 Å². The van der Waals surface area contributed by atoms with Gasteiger partial charge in [0.1, 0.15) is 0 Å². The molecule has 2 aromatic carbocycles. The summed E-state index contributed by atoms with van der Waals surface area (Å²) < 4.78 is 37.3. The van der Waals surface area contributed by atoms with Gasteiger partial charge in [-0.1, -0.05) is 40.9 Å². The zero-order valence-corrected chi connectivity index (χ0v) is 12.9. The summed E-state index contributed by atoms with van der Waals surface area (Å²) in [5.74, 6) is 0. The topological polar surface area (TPSA) is 94.7 Å². The Kier molecular flexibility index (Phi) is 6.06. The Morgan fingerprint density at radius 2 is 1.83 bits per heavy atom. The zero-order valence-electron chi connectivity index (χ0n) is 11.3. The second-order valence-corrected chi connectivity index (χ2v) is 7.48. The summed E-state index contributed by atoms with van der Waals surface area (Å²) in [6, 6.07) is 15.7. The van der Waals surface area contributed by atoms with Crippen LogP contribution < -0.4 is 0 Å². The van der Waals surface area contributed by atoms with Gasteiger partial charge in [-0.05, 0) is 34.2 Å². The second-order valence-electron chi connectivity index (χ2n) is 4.47. The van der Waals surface area contributed by atoms with Gasteiger partial charge in [0.05, 0.1) is 22.3 Å². The van der Waals surface area contributed by atoms with E-state index in [1.165, 1.54) is 12.1 Å². The van der Waals surface area contributed by atoms with E-state index in [-0.39, 0.29) is 34.5 Å². The van der Waals surface area contributed by atoms with E-state index in [1.54, 1.807) is 16.5 Å². The van der Waals surface area contributed by atoms with Crippen molar-refractivity contribution in [1.82, 2.24) is 4.41 Å². The van der Waals surface area contributed by atoms with E-state index in [0.717, 1.165) is 5.56 Å². The molecule has 0 radical (unpaired) electrons. The van der Waals surface area contributed by atoms with Crippen LogP contribution in [0.5, 0.6) is 0 Å². The van der Waals surface area contributed by atoms with E-state index in [2.05, 4.69) is 14.9 Å². The fourth-order valence-electron chi connectivity index (χ4n) is 1.92. The van der Waals surface area contributed by atoms with Crippen LogP contribution in [0.3, 0.4) is 0 Å². The number of benzene rings is 2. The molecule has 0 bridgehead atoms. The number of hydrogen-bond donors (Lipinski definition) is 1. The SMILES string of the molecule is O=S(=O)(O)c1cccc(S2=NN=NN2Cc2ccccc2)c1.[NaH]. The van der Waals surface area contributed by atoms with Crippen molar-refractivity contribution in [3.8, 4) is 0 Å². The van der Waals surface area contributed by atoms with Gasteiger partial charge in [0.15, 0.2) is 0 Å². The monoisotopic (exact) mass is 360 g/mol. The van der Waals surface area contributed by atoms with Gasteiger partial charge < -0.3 is 0 Å². The van der Waals surface area contributed by atoms with E-state index < -0.39 is 21.0 Å². The molecule has 10 heteroatoms. The van der Waals surface area contributed by atoms with Crippen molar-refractivity contribution in [3.05, 3.63) is 60.2 Å². The summed E-state index contributed by atoms with van der Waals surface area (Å²) in [4.78, 5) is 0.454. The van der Waals surface area contributed by atoms with E-state index in [4.69, 9.17) is 4.55 Å². The Morgan fingerprint density at radius 3 is 2.52 bits per heavy atom. The van der Waals surface area contributed by atoms with Crippen LogP contribution in [-0.4, -0.2) is 46.9 Å². The predicted octanol–water partition coefficient (Wildman–Crippen LogP) is 2.16. The summed E-state index contributed by atoms with van der Waals surface area (Å²) in [5.41, 5.74) is 1.04. The molecule has 1 heterocycles. The Bertz CT molecular complexity index is 857. The Hall–Kier alpha value is -1.10. The molecule has 2 aromatic rings. The van der Waals surface area contributed by atoms with E-state index in [9.17, 15) is 8.42 Å². The van der Waals surface area contributed by atoms with Crippen molar-refractivity contribution in [3.63, 3.8) is 0 Å². The number of rotatable bonds is 4. The van der Waals surface area contributed by atoms with Gasteiger partial charge in [-0.25, -0.2) is 0 Å². The molecule has 0 saturated carbocycles. The first-order chi connectivity index (χ1) is 10.5. The minimum atomic E-state index is -4.25. The van der Waals surface area contributed by atoms with Gasteiger partial charge in [0.2, 0.25) is 0 Å². The van der Waals surface area contributed by atoms with Crippen LogP contribution in [0, 0.1) is 0 Å². The van der Waals surface area contributed by atoms with Gasteiger partial charge >= 0.3 is 29.6 Å². The Balaban J connectivity index is 0.00000192. The molecule has 3 rings (SSSR count). The molecule has 116 valence electrons. The molecular formula is C13H13N4NaO3S2. The normalized spacial score (nSPS) is 16.7. The van der Waals surface area contributed by atoms with Crippen LogP contribution in [-0.2, 0) is 27.5 Å². The molecule has 0 fully saturated rings. The number of hydrogen-bond acceptors (Lipinski definition) is 6. The molecule has 1 N–H and O–H groups in total. The summed E-state index contributed by atoms with van der Waals surface area (Å²) in [6.45, 7) is 0.507. The van der Waals surface area contributed by atoms with Crippen molar-refractivity contribution in [1.29, 1.82) is 0 Å². The second kappa shape index (κ2) is 7.65. The van der Waals surface area contributed by atoms with Gasteiger partial charge in [0, 0.05) is 4.90 Å². The summed E-state index contributed by atoms with van der Waals surface area (Å²) >= 11 is 0. The molecule has 0 spiro atoms. The average Bonchev–Trinajstić information content (AvgIpc) is 2.96.